The zero-order chi connectivity index (χ0) is 6.85. The van der Waals surface area contributed by atoms with Crippen LogP contribution in [-0.2, 0) is 0 Å². The second-order valence-electron chi connectivity index (χ2n) is 3.15. The van der Waals surface area contributed by atoms with Gasteiger partial charge in [0.15, 0.2) is 0 Å². The minimum atomic E-state index is -0.242. The predicted molar refractivity (Wildman–Crippen MR) is 37.0 cm³/mol. The summed E-state index contributed by atoms with van der Waals surface area (Å²) in [5, 5.41) is 9.22. The summed E-state index contributed by atoms with van der Waals surface area (Å²) in [5.41, 5.74) is 5.59. The Balaban J connectivity index is 2.35. The van der Waals surface area contributed by atoms with Crippen molar-refractivity contribution in [3.8, 4) is 0 Å². The number of rotatable bonds is 0. The molecule has 2 nitrogen and oxygen atoms in total. The Kier molecular flexibility index (Phi) is 2.09. The maximum Gasteiger partial charge on any atom is 0.0693 e. The minimum absolute atomic E-state index is 0.0428. The third-order valence-electron chi connectivity index (χ3n) is 2.13. The molecule has 0 heterocycles. The van der Waals surface area contributed by atoms with Gasteiger partial charge in [-0.25, -0.2) is 0 Å². The Hall–Kier alpha value is -0.0800. The first-order valence-corrected chi connectivity index (χ1v) is 3.64. The van der Waals surface area contributed by atoms with Crippen LogP contribution in [0.5, 0.6) is 0 Å². The maximum atomic E-state index is 9.22. The van der Waals surface area contributed by atoms with Gasteiger partial charge in [0.1, 0.15) is 0 Å². The summed E-state index contributed by atoms with van der Waals surface area (Å²) in [6.45, 7) is 2.16. The Bertz CT molecular complexity index is 94.9. The average molecular weight is 129 g/mol. The molecule has 2 heteroatoms. The lowest BCUT2D eigenvalue weighted by atomic mass is 9.86. The Morgan fingerprint density at radius 1 is 1.44 bits per heavy atom. The van der Waals surface area contributed by atoms with Crippen molar-refractivity contribution in [3.05, 3.63) is 0 Å². The number of aliphatic hydroxyl groups excluding tert-OH is 1. The van der Waals surface area contributed by atoms with Gasteiger partial charge in [0.2, 0.25) is 0 Å². The first-order chi connectivity index (χ1) is 4.20. The molecule has 0 saturated heterocycles. The molecule has 0 aromatic rings. The normalized spacial score (nSPS) is 45.0. The first-order valence-electron chi connectivity index (χ1n) is 3.64. The van der Waals surface area contributed by atoms with Gasteiger partial charge in [-0.1, -0.05) is 6.92 Å². The van der Waals surface area contributed by atoms with E-state index in [9.17, 15) is 5.11 Å². The highest BCUT2D eigenvalue weighted by Crippen LogP contribution is 2.22. The monoisotopic (exact) mass is 129 g/mol. The molecule has 0 aliphatic heterocycles. The van der Waals surface area contributed by atoms with Gasteiger partial charge in [-0.15, -0.1) is 0 Å². The smallest absolute Gasteiger partial charge is 0.0693 e. The minimum Gasteiger partial charge on any atom is -0.392 e. The van der Waals surface area contributed by atoms with Gasteiger partial charge in [0, 0.05) is 6.04 Å². The van der Waals surface area contributed by atoms with E-state index in [-0.39, 0.29) is 12.1 Å². The molecule has 1 aliphatic carbocycles. The molecule has 0 bridgehead atoms. The molecule has 1 aliphatic rings. The first kappa shape index (κ1) is 7.03. The van der Waals surface area contributed by atoms with Gasteiger partial charge >= 0.3 is 0 Å². The molecule has 3 N–H and O–H groups in total. The average Bonchev–Trinajstić information content (AvgIpc) is 1.80. The third-order valence-corrected chi connectivity index (χ3v) is 2.13. The van der Waals surface area contributed by atoms with Crippen LogP contribution in [0.3, 0.4) is 0 Å². The van der Waals surface area contributed by atoms with Crippen LogP contribution in [0.15, 0.2) is 0 Å². The molecule has 0 aromatic carbocycles. The van der Waals surface area contributed by atoms with E-state index in [1.165, 1.54) is 6.42 Å². The lowest BCUT2D eigenvalue weighted by molar-refractivity contribution is 0.0856. The fourth-order valence-corrected chi connectivity index (χ4v) is 1.37. The quantitative estimate of drug-likeness (QED) is 0.500. The van der Waals surface area contributed by atoms with E-state index in [4.69, 9.17) is 5.73 Å². The highest BCUT2D eigenvalue weighted by molar-refractivity contribution is 4.79. The van der Waals surface area contributed by atoms with Gasteiger partial charge in [-0.2, -0.15) is 0 Å². The van der Waals surface area contributed by atoms with Gasteiger partial charge in [0.25, 0.3) is 0 Å². The summed E-state index contributed by atoms with van der Waals surface area (Å²) in [6, 6.07) is 0.0428. The number of hydrogen-bond donors (Lipinski definition) is 2. The van der Waals surface area contributed by atoms with Crippen LogP contribution in [0.4, 0.5) is 0 Å². The highest BCUT2D eigenvalue weighted by Gasteiger charge is 2.23. The van der Waals surface area contributed by atoms with Crippen molar-refractivity contribution < 1.29 is 5.11 Å². The van der Waals surface area contributed by atoms with Crippen LogP contribution in [0.2, 0.25) is 0 Å². The summed E-state index contributed by atoms with van der Waals surface area (Å²) >= 11 is 0. The molecular formula is C7H15NO. The zero-order valence-electron chi connectivity index (χ0n) is 5.88. The van der Waals surface area contributed by atoms with Crippen LogP contribution >= 0.6 is 0 Å². The lowest BCUT2D eigenvalue weighted by Crippen LogP contribution is -2.39. The van der Waals surface area contributed by atoms with E-state index in [0.717, 1.165) is 12.8 Å². The van der Waals surface area contributed by atoms with E-state index in [1.807, 2.05) is 0 Å². The number of aliphatic hydroxyl groups is 1. The van der Waals surface area contributed by atoms with E-state index >= 15 is 0 Å². The lowest BCUT2D eigenvalue weighted by Gasteiger charge is -2.28. The Morgan fingerprint density at radius 2 is 2.11 bits per heavy atom. The van der Waals surface area contributed by atoms with Crippen molar-refractivity contribution in [1.82, 2.24) is 0 Å². The van der Waals surface area contributed by atoms with Gasteiger partial charge in [0.05, 0.1) is 6.10 Å². The van der Waals surface area contributed by atoms with Gasteiger partial charge in [-0.05, 0) is 25.2 Å². The van der Waals surface area contributed by atoms with Crippen molar-refractivity contribution >= 4 is 0 Å². The van der Waals surface area contributed by atoms with E-state index < -0.39 is 0 Å². The fraction of sp³-hybridized carbons (Fsp3) is 1.00. The fourth-order valence-electron chi connectivity index (χ4n) is 1.37. The molecule has 3 atom stereocenters. The summed E-state index contributed by atoms with van der Waals surface area (Å²) in [7, 11) is 0. The van der Waals surface area contributed by atoms with Gasteiger partial charge < -0.3 is 10.8 Å². The van der Waals surface area contributed by atoms with Crippen LogP contribution < -0.4 is 5.73 Å². The summed E-state index contributed by atoms with van der Waals surface area (Å²) in [4.78, 5) is 0. The number of hydrogen-bond acceptors (Lipinski definition) is 2. The van der Waals surface area contributed by atoms with Crippen molar-refractivity contribution in [2.75, 3.05) is 0 Å². The molecule has 9 heavy (non-hydrogen) atoms. The second-order valence-corrected chi connectivity index (χ2v) is 3.15. The largest absolute Gasteiger partial charge is 0.392 e. The molecule has 0 aromatic heterocycles. The van der Waals surface area contributed by atoms with Crippen molar-refractivity contribution in [2.24, 2.45) is 11.7 Å². The zero-order valence-corrected chi connectivity index (χ0v) is 5.88. The Labute approximate surface area is 56.1 Å². The summed E-state index contributed by atoms with van der Waals surface area (Å²) < 4.78 is 0. The molecule has 0 radical (unpaired) electrons. The summed E-state index contributed by atoms with van der Waals surface area (Å²) in [6.07, 6.45) is 2.82. The van der Waals surface area contributed by atoms with Crippen LogP contribution in [-0.4, -0.2) is 17.3 Å². The molecule has 54 valence electrons. The SMILES string of the molecule is CC1CC[C@@H](N)C(O)C1. The molecular weight excluding hydrogens is 114 g/mol. The molecule has 1 saturated carbocycles. The van der Waals surface area contributed by atoms with Crippen LogP contribution in [0.25, 0.3) is 0 Å². The molecule has 0 spiro atoms. The van der Waals surface area contributed by atoms with Crippen molar-refractivity contribution in [1.29, 1.82) is 0 Å². The molecule has 1 fully saturated rings. The predicted octanol–water partition coefficient (Wildman–Crippen LogP) is 0.495. The molecule has 1 rings (SSSR count). The van der Waals surface area contributed by atoms with Crippen molar-refractivity contribution in [3.63, 3.8) is 0 Å². The second kappa shape index (κ2) is 2.67. The maximum absolute atomic E-state index is 9.22. The van der Waals surface area contributed by atoms with Crippen LogP contribution in [0.1, 0.15) is 26.2 Å². The van der Waals surface area contributed by atoms with Crippen molar-refractivity contribution in [2.45, 2.75) is 38.3 Å². The Morgan fingerprint density at radius 3 is 2.56 bits per heavy atom. The van der Waals surface area contributed by atoms with Gasteiger partial charge in [-0.3, -0.25) is 0 Å². The number of nitrogens with two attached hydrogens (primary N) is 1. The standard InChI is InChI=1S/C7H15NO/c1-5-2-3-6(8)7(9)4-5/h5-7,9H,2-4,8H2,1H3/t5?,6-,7?/m1/s1. The van der Waals surface area contributed by atoms with Crippen LogP contribution in [0, 0.1) is 5.92 Å². The highest BCUT2D eigenvalue weighted by atomic mass is 16.3. The molecule has 2 unspecified atom stereocenters. The summed E-state index contributed by atoms with van der Waals surface area (Å²) in [5.74, 6) is 0.666. The third kappa shape index (κ3) is 1.66. The topological polar surface area (TPSA) is 46.2 Å². The van der Waals surface area contributed by atoms with E-state index in [1.54, 1.807) is 0 Å². The molecule has 0 amide bonds. The van der Waals surface area contributed by atoms with E-state index in [2.05, 4.69) is 6.92 Å². The van der Waals surface area contributed by atoms with E-state index in [0.29, 0.717) is 5.92 Å².